The molecular formula is C15H16KNO3S. The third kappa shape index (κ3) is 2.37. The van der Waals surface area contributed by atoms with E-state index in [1.165, 1.54) is 6.92 Å². The Balaban J connectivity index is 0.00000121. The Morgan fingerprint density at radius 2 is 1.86 bits per heavy atom. The normalized spacial score (nSPS) is 20.9. The van der Waals surface area contributed by atoms with E-state index in [1.807, 2.05) is 37.3 Å². The molecule has 0 saturated carbocycles. The van der Waals surface area contributed by atoms with Gasteiger partial charge in [0.25, 0.3) is 10.1 Å². The maximum atomic E-state index is 12.0. The summed E-state index contributed by atoms with van der Waals surface area (Å²) in [6, 6.07) is 9.55. The van der Waals surface area contributed by atoms with Gasteiger partial charge in [0.15, 0.2) is 4.75 Å². The van der Waals surface area contributed by atoms with E-state index < -0.39 is 14.9 Å². The van der Waals surface area contributed by atoms with Gasteiger partial charge in [-0.3, -0.25) is 9.55 Å². The summed E-state index contributed by atoms with van der Waals surface area (Å²) in [4.78, 5) is 4.40. The van der Waals surface area contributed by atoms with Crippen molar-refractivity contribution in [3.8, 4) is 0 Å². The second-order valence-corrected chi connectivity index (χ2v) is 7.11. The van der Waals surface area contributed by atoms with E-state index in [4.69, 9.17) is 0 Å². The second-order valence-electron chi connectivity index (χ2n) is 5.34. The molecule has 0 aliphatic carbocycles. The molecule has 2 aromatic rings. The van der Waals surface area contributed by atoms with Crippen molar-refractivity contribution in [2.75, 3.05) is 0 Å². The summed E-state index contributed by atoms with van der Waals surface area (Å²) in [6.07, 6.45) is 0. The van der Waals surface area contributed by atoms with E-state index in [9.17, 15) is 13.0 Å². The minimum Gasteiger partial charge on any atom is -1.00 e. The minimum absolute atomic E-state index is 0. The fraction of sp³-hybridized carbons (Fsp3) is 0.267. The van der Waals surface area contributed by atoms with Gasteiger partial charge < -0.3 is 1.43 Å². The number of hydrogen-bond donors (Lipinski definition) is 1. The van der Waals surface area contributed by atoms with Crippen molar-refractivity contribution in [2.24, 2.45) is 4.99 Å². The summed E-state index contributed by atoms with van der Waals surface area (Å²) >= 11 is 0. The van der Waals surface area contributed by atoms with Gasteiger partial charge in [-0.05, 0) is 43.2 Å². The van der Waals surface area contributed by atoms with Crippen LogP contribution in [0.4, 0.5) is 5.69 Å². The molecular weight excluding hydrogens is 313 g/mol. The van der Waals surface area contributed by atoms with Gasteiger partial charge in [0.05, 0.1) is 5.69 Å². The zero-order valence-electron chi connectivity index (χ0n) is 13.5. The molecule has 1 aliphatic rings. The van der Waals surface area contributed by atoms with Gasteiger partial charge in [-0.25, -0.2) is 0 Å². The number of nitrogens with zero attached hydrogens (tertiary/aromatic N) is 1. The van der Waals surface area contributed by atoms with E-state index in [0.29, 0.717) is 17.0 Å². The van der Waals surface area contributed by atoms with Crippen molar-refractivity contribution in [3.63, 3.8) is 0 Å². The SMILES string of the molecule is CC1=Nc2c(C)cc3ccccc3c2C1(C)S(=O)(=O)O.[H-].[K+]. The van der Waals surface area contributed by atoms with Gasteiger partial charge in [-0.2, -0.15) is 8.42 Å². The summed E-state index contributed by atoms with van der Waals surface area (Å²) in [5.74, 6) is 0. The molecule has 0 saturated heterocycles. The molecule has 1 aliphatic heterocycles. The smallest absolute Gasteiger partial charge is 1.00 e. The molecule has 4 nitrogen and oxygen atoms in total. The van der Waals surface area contributed by atoms with E-state index >= 15 is 0 Å². The summed E-state index contributed by atoms with van der Waals surface area (Å²) in [7, 11) is -4.30. The zero-order chi connectivity index (χ0) is 14.7. The molecule has 21 heavy (non-hydrogen) atoms. The average molecular weight is 329 g/mol. The standard InChI is InChI=1S/C15H15NO3S.K.H/c1-9-8-11-6-4-5-7-12(11)13-14(9)16-10(2)15(13,3)20(17,18)19;;/h4-8H,1-3H3,(H,17,18,19);;/q;+1;-1. The van der Waals surface area contributed by atoms with Crippen LogP contribution in [0.1, 0.15) is 26.4 Å². The molecule has 6 heteroatoms. The monoisotopic (exact) mass is 329 g/mol. The van der Waals surface area contributed by atoms with Crippen LogP contribution in [0.5, 0.6) is 0 Å². The van der Waals surface area contributed by atoms with Crippen LogP contribution in [0.15, 0.2) is 35.3 Å². The van der Waals surface area contributed by atoms with Crippen LogP contribution in [0.25, 0.3) is 10.8 Å². The molecule has 0 radical (unpaired) electrons. The second kappa shape index (κ2) is 5.52. The van der Waals surface area contributed by atoms with Crippen molar-refractivity contribution in [1.29, 1.82) is 0 Å². The Morgan fingerprint density at radius 3 is 2.48 bits per heavy atom. The van der Waals surface area contributed by atoms with Crippen LogP contribution >= 0.6 is 0 Å². The van der Waals surface area contributed by atoms with Gasteiger partial charge >= 0.3 is 51.4 Å². The van der Waals surface area contributed by atoms with Crippen molar-refractivity contribution in [1.82, 2.24) is 0 Å². The quantitative estimate of drug-likeness (QED) is 0.611. The van der Waals surface area contributed by atoms with Crippen LogP contribution in [0.2, 0.25) is 0 Å². The summed E-state index contributed by atoms with van der Waals surface area (Å²) in [5, 5.41) is 1.76. The van der Waals surface area contributed by atoms with Crippen molar-refractivity contribution < 1.29 is 65.8 Å². The summed E-state index contributed by atoms with van der Waals surface area (Å²) in [6.45, 7) is 5.05. The number of aliphatic imine (C=N–C) groups is 1. The van der Waals surface area contributed by atoms with Crippen molar-refractivity contribution in [2.45, 2.75) is 25.5 Å². The predicted octanol–water partition coefficient (Wildman–Crippen LogP) is 0.474. The van der Waals surface area contributed by atoms with Gasteiger partial charge in [0.2, 0.25) is 0 Å². The minimum atomic E-state index is -4.30. The number of fused-ring (bicyclic) bond motifs is 3. The fourth-order valence-electron chi connectivity index (χ4n) is 2.87. The Bertz CT molecular complexity index is 880. The molecule has 1 atom stereocenters. The third-order valence-corrected chi connectivity index (χ3v) is 5.71. The summed E-state index contributed by atoms with van der Waals surface area (Å²) in [5.41, 5.74) is 2.54. The number of rotatable bonds is 1. The molecule has 0 bridgehead atoms. The number of benzene rings is 2. The first kappa shape index (κ1) is 17.3. The predicted molar refractivity (Wildman–Crippen MR) is 81.5 cm³/mol. The first-order chi connectivity index (χ1) is 9.26. The topological polar surface area (TPSA) is 66.7 Å². The Hall–Kier alpha value is -0.0836. The maximum Gasteiger partial charge on any atom is 1.00 e. The van der Waals surface area contributed by atoms with Gasteiger partial charge in [0.1, 0.15) is 0 Å². The van der Waals surface area contributed by atoms with Crippen LogP contribution in [-0.4, -0.2) is 18.7 Å². The largest absolute Gasteiger partial charge is 1.00 e. The molecule has 1 heterocycles. The molecule has 1 unspecified atom stereocenters. The molecule has 1 N–H and O–H groups in total. The molecule has 0 amide bonds. The number of aryl methyl sites for hydroxylation is 1. The number of hydrogen-bond acceptors (Lipinski definition) is 3. The Labute approximate surface area is 168 Å². The Kier molecular flexibility index (Phi) is 4.54. The van der Waals surface area contributed by atoms with Crippen LogP contribution in [0.3, 0.4) is 0 Å². The summed E-state index contributed by atoms with van der Waals surface area (Å²) < 4.78 is 32.2. The van der Waals surface area contributed by atoms with Gasteiger partial charge in [-0.15, -0.1) is 0 Å². The molecule has 0 fully saturated rings. The molecule has 0 aromatic heterocycles. The average Bonchev–Trinajstić information content (AvgIpc) is 2.64. The van der Waals surface area contributed by atoms with E-state index in [2.05, 4.69) is 4.99 Å². The van der Waals surface area contributed by atoms with E-state index in [1.54, 1.807) is 6.92 Å². The van der Waals surface area contributed by atoms with Crippen molar-refractivity contribution >= 4 is 32.3 Å². The first-order valence-electron chi connectivity index (χ1n) is 6.32. The Morgan fingerprint density at radius 1 is 1.24 bits per heavy atom. The molecule has 0 spiro atoms. The van der Waals surface area contributed by atoms with Gasteiger partial charge in [0, 0.05) is 11.3 Å². The molecule has 106 valence electrons. The van der Waals surface area contributed by atoms with Crippen LogP contribution in [-0.2, 0) is 14.9 Å². The van der Waals surface area contributed by atoms with Gasteiger partial charge in [-0.1, -0.05) is 24.3 Å². The molecule has 2 aromatic carbocycles. The van der Waals surface area contributed by atoms with Crippen molar-refractivity contribution in [3.05, 3.63) is 41.5 Å². The third-order valence-electron chi connectivity index (χ3n) is 4.18. The van der Waals surface area contributed by atoms with Crippen LogP contribution in [0, 0.1) is 6.92 Å². The first-order valence-corrected chi connectivity index (χ1v) is 7.76. The zero-order valence-corrected chi connectivity index (χ0v) is 16.4. The maximum absolute atomic E-state index is 12.0. The fourth-order valence-corrected chi connectivity index (χ4v) is 3.76. The van der Waals surface area contributed by atoms with Crippen LogP contribution < -0.4 is 51.4 Å². The van der Waals surface area contributed by atoms with E-state index in [-0.39, 0.29) is 52.8 Å². The molecule has 3 rings (SSSR count). The van der Waals surface area contributed by atoms with E-state index in [0.717, 1.165) is 16.3 Å².